The number of aromatic nitrogens is 1. The Morgan fingerprint density at radius 1 is 0.432 bits per heavy atom. The summed E-state index contributed by atoms with van der Waals surface area (Å²) in [7, 11) is 0. The molecule has 0 N–H and O–H groups in total. The van der Waals surface area contributed by atoms with E-state index in [1.165, 1.54) is 77.9 Å². The zero-order valence-corrected chi connectivity index (χ0v) is 25.6. The molecule has 0 unspecified atom stereocenters. The molecular formula is C42H34N2. The summed E-state index contributed by atoms with van der Waals surface area (Å²) in [5.41, 5.74) is 15.4. The van der Waals surface area contributed by atoms with Gasteiger partial charge in [0.2, 0.25) is 0 Å². The number of rotatable bonds is 2. The lowest BCUT2D eigenvalue weighted by molar-refractivity contribution is 0.597. The van der Waals surface area contributed by atoms with E-state index in [1.807, 2.05) is 0 Å². The van der Waals surface area contributed by atoms with Gasteiger partial charge in [-0.15, -0.1) is 0 Å². The van der Waals surface area contributed by atoms with E-state index >= 15 is 0 Å². The van der Waals surface area contributed by atoms with Gasteiger partial charge in [0.05, 0.1) is 28.1 Å². The van der Waals surface area contributed by atoms with Gasteiger partial charge in [0.1, 0.15) is 0 Å². The summed E-state index contributed by atoms with van der Waals surface area (Å²) >= 11 is 0. The van der Waals surface area contributed by atoms with Crippen molar-refractivity contribution in [3.63, 3.8) is 0 Å². The molecule has 7 aromatic rings. The molecule has 3 heterocycles. The van der Waals surface area contributed by atoms with Crippen LogP contribution < -0.4 is 4.90 Å². The number of hydrogen-bond donors (Lipinski definition) is 0. The number of hydrogen-bond acceptors (Lipinski definition) is 1. The standard InChI is InChI=1S/C42H34N2/c1-41(2)32-16-9-11-20-38(32)44-39-24-22-28(26-35(39)42(3,4)34-18-12-17-33(41)40(34)44)27-21-23-37-31(25-27)30-15-8-10-19-36(30)43(37)29-13-6-5-7-14-29/h5-26H,1-4H3. The third-order valence-electron chi connectivity index (χ3n) is 10.4. The molecule has 0 spiro atoms. The van der Waals surface area contributed by atoms with Crippen molar-refractivity contribution < 1.29 is 0 Å². The van der Waals surface area contributed by atoms with Gasteiger partial charge in [0, 0.05) is 27.3 Å². The Morgan fingerprint density at radius 2 is 1.02 bits per heavy atom. The summed E-state index contributed by atoms with van der Waals surface area (Å²) in [5, 5.41) is 2.56. The van der Waals surface area contributed by atoms with Crippen LogP contribution in [-0.2, 0) is 10.8 Å². The molecule has 0 saturated carbocycles. The lowest BCUT2D eigenvalue weighted by Crippen LogP contribution is -2.38. The van der Waals surface area contributed by atoms with Gasteiger partial charge >= 0.3 is 0 Å². The monoisotopic (exact) mass is 566 g/mol. The second kappa shape index (κ2) is 8.74. The van der Waals surface area contributed by atoms with Gasteiger partial charge in [-0.25, -0.2) is 0 Å². The second-order valence-corrected chi connectivity index (χ2v) is 13.5. The molecule has 2 aliphatic heterocycles. The van der Waals surface area contributed by atoms with Crippen LogP contribution in [-0.4, -0.2) is 4.57 Å². The molecule has 2 nitrogen and oxygen atoms in total. The molecule has 0 aliphatic carbocycles. The number of nitrogens with zero attached hydrogens (tertiary/aromatic N) is 2. The van der Waals surface area contributed by atoms with E-state index in [2.05, 4.69) is 171 Å². The summed E-state index contributed by atoms with van der Waals surface area (Å²) in [4.78, 5) is 2.53. The van der Waals surface area contributed by atoms with Crippen molar-refractivity contribution in [3.05, 3.63) is 156 Å². The molecule has 212 valence electrons. The Labute approximate surface area is 258 Å². The maximum Gasteiger partial charge on any atom is 0.0543 e. The van der Waals surface area contributed by atoms with Gasteiger partial charge in [-0.2, -0.15) is 0 Å². The molecule has 0 amide bonds. The lowest BCUT2D eigenvalue weighted by atomic mass is 9.66. The molecule has 44 heavy (non-hydrogen) atoms. The average molecular weight is 567 g/mol. The minimum atomic E-state index is -0.150. The van der Waals surface area contributed by atoms with Gasteiger partial charge < -0.3 is 9.47 Å². The fourth-order valence-corrected chi connectivity index (χ4v) is 8.07. The van der Waals surface area contributed by atoms with E-state index in [-0.39, 0.29) is 10.8 Å². The van der Waals surface area contributed by atoms with Gasteiger partial charge in [0.15, 0.2) is 0 Å². The van der Waals surface area contributed by atoms with Crippen LogP contribution in [0.15, 0.2) is 133 Å². The summed E-state index contributed by atoms with van der Waals surface area (Å²) < 4.78 is 2.38. The molecule has 0 bridgehead atoms. The third kappa shape index (κ3) is 3.26. The van der Waals surface area contributed by atoms with E-state index in [9.17, 15) is 0 Å². The number of benzene rings is 6. The molecule has 0 fully saturated rings. The quantitative estimate of drug-likeness (QED) is 0.202. The van der Waals surface area contributed by atoms with Gasteiger partial charge in [-0.05, 0) is 81.9 Å². The number of para-hydroxylation sites is 4. The van der Waals surface area contributed by atoms with Crippen LogP contribution in [0.5, 0.6) is 0 Å². The van der Waals surface area contributed by atoms with Crippen molar-refractivity contribution in [1.29, 1.82) is 0 Å². The Bertz CT molecular complexity index is 2280. The van der Waals surface area contributed by atoms with Crippen LogP contribution in [0.4, 0.5) is 17.1 Å². The van der Waals surface area contributed by atoms with Gasteiger partial charge in [0.25, 0.3) is 0 Å². The molecule has 9 rings (SSSR count). The summed E-state index contributed by atoms with van der Waals surface area (Å²) in [5.74, 6) is 0. The highest BCUT2D eigenvalue weighted by atomic mass is 15.2. The average Bonchev–Trinajstić information content (AvgIpc) is 3.38. The first-order valence-electron chi connectivity index (χ1n) is 15.6. The molecule has 2 aliphatic rings. The highest BCUT2D eigenvalue weighted by Crippen LogP contribution is 2.60. The maximum absolute atomic E-state index is 2.53. The topological polar surface area (TPSA) is 8.17 Å². The lowest BCUT2D eigenvalue weighted by Gasteiger charge is -2.49. The first-order chi connectivity index (χ1) is 21.4. The number of anilines is 3. The Balaban J connectivity index is 1.26. The van der Waals surface area contributed by atoms with Gasteiger partial charge in [-0.1, -0.05) is 113 Å². The molecule has 0 radical (unpaired) electrons. The Morgan fingerprint density at radius 3 is 1.84 bits per heavy atom. The highest BCUT2D eigenvalue weighted by Gasteiger charge is 2.45. The van der Waals surface area contributed by atoms with Crippen LogP contribution >= 0.6 is 0 Å². The molecule has 6 aromatic carbocycles. The van der Waals surface area contributed by atoms with E-state index in [1.54, 1.807) is 0 Å². The van der Waals surface area contributed by atoms with Gasteiger partial charge in [-0.3, -0.25) is 0 Å². The summed E-state index contributed by atoms with van der Waals surface area (Å²) in [6.07, 6.45) is 0. The van der Waals surface area contributed by atoms with Crippen molar-refractivity contribution in [2.24, 2.45) is 0 Å². The smallest absolute Gasteiger partial charge is 0.0543 e. The van der Waals surface area contributed by atoms with Crippen LogP contribution in [0.2, 0.25) is 0 Å². The van der Waals surface area contributed by atoms with E-state index in [0.29, 0.717) is 0 Å². The fourth-order valence-electron chi connectivity index (χ4n) is 8.07. The van der Waals surface area contributed by atoms with E-state index in [0.717, 1.165) is 0 Å². The van der Waals surface area contributed by atoms with Crippen molar-refractivity contribution >= 4 is 38.9 Å². The highest BCUT2D eigenvalue weighted by molar-refractivity contribution is 6.10. The predicted molar refractivity (Wildman–Crippen MR) is 185 cm³/mol. The zero-order chi connectivity index (χ0) is 29.8. The van der Waals surface area contributed by atoms with Crippen LogP contribution in [0.25, 0.3) is 38.6 Å². The largest absolute Gasteiger partial charge is 0.309 e. The third-order valence-corrected chi connectivity index (χ3v) is 10.4. The van der Waals surface area contributed by atoms with E-state index in [4.69, 9.17) is 0 Å². The Hall–Kier alpha value is -5.08. The maximum atomic E-state index is 2.53. The predicted octanol–water partition coefficient (Wildman–Crippen LogP) is 11.2. The summed E-state index contributed by atoms with van der Waals surface area (Å²) in [6.45, 7) is 9.53. The molecule has 0 saturated heterocycles. The Kier molecular flexibility index (Phi) is 5.05. The first-order valence-corrected chi connectivity index (χ1v) is 15.6. The second-order valence-electron chi connectivity index (χ2n) is 13.5. The molecule has 2 heteroatoms. The minimum absolute atomic E-state index is 0.0691. The van der Waals surface area contributed by atoms with E-state index < -0.39 is 0 Å². The molecular weight excluding hydrogens is 532 g/mol. The van der Waals surface area contributed by atoms with Crippen LogP contribution in [0, 0.1) is 0 Å². The van der Waals surface area contributed by atoms with Crippen molar-refractivity contribution in [2.45, 2.75) is 38.5 Å². The normalized spacial score (nSPS) is 15.6. The fraction of sp³-hybridized carbons (Fsp3) is 0.143. The molecule has 0 atom stereocenters. The minimum Gasteiger partial charge on any atom is -0.309 e. The SMILES string of the molecule is CC1(C)c2ccccc2N2c3ccc(-c4ccc5c(c4)c4ccccc4n5-c4ccccc4)cc3C(C)(C)c3cccc1c32. The van der Waals surface area contributed by atoms with Crippen molar-refractivity contribution in [3.8, 4) is 16.8 Å². The summed E-state index contributed by atoms with van der Waals surface area (Å²) in [6, 6.07) is 49.4. The van der Waals surface area contributed by atoms with Crippen molar-refractivity contribution in [1.82, 2.24) is 4.57 Å². The first kappa shape index (κ1) is 25.4. The van der Waals surface area contributed by atoms with Crippen LogP contribution in [0.3, 0.4) is 0 Å². The van der Waals surface area contributed by atoms with Crippen LogP contribution in [0.1, 0.15) is 49.9 Å². The van der Waals surface area contributed by atoms with Crippen molar-refractivity contribution in [2.75, 3.05) is 4.90 Å². The number of fused-ring (bicyclic) bond motifs is 7. The molecule has 1 aromatic heterocycles. The zero-order valence-electron chi connectivity index (χ0n) is 25.6.